The van der Waals surface area contributed by atoms with E-state index in [1.807, 2.05) is 19.1 Å². The lowest BCUT2D eigenvalue weighted by Crippen LogP contribution is -2.03. The molecule has 0 saturated carbocycles. The lowest BCUT2D eigenvalue weighted by atomic mass is 10.2. The number of phenols is 1. The van der Waals surface area contributed by atoms with Gasteiger partial charge in [0.1, 0.15) is 11.6 Å². The molecule has 18 heavy (non-hydrogen) atoms. The van der Waals surface area contributed by atoms with Crippen molar-refractivity contribution in [1.29, 1.82) is 0 Å². The molecule has 0 fully saturated rings. The predicted molar refractivity (Wildman–Crippen MR) is 76.5 cm³/mol. The average Bonchev–Trinajstić information content (AvgIpc) is 2.34. The molecule has 1 heterocycles. The molecular formula is C13H14BrN3O. The number of anilines is 2. The number of benzene rings is 1. The van der Waals surface area contributed by atoms with Crippen LogP contribution in [0.1, 0.15) is 11.3 Å². The van der Waals surface area contributed by atoms with Gasteiger partial charge in [-0.1, -0.05) is 0 Å². The minimum Gasteiger partial charge on any atom is -0.508 e. The van der Waals surface area contributed by atoms with Crippen LogP contribution < -0.4 is 11.1 Å². The highest BCUT2D eigenvalue weighted by molar-refractivity contribution is 9.10. The standard InChI is InChI=1S/C13H14BrN3O/c1-8-11(14)3-5-13(17-8)16-7-9-6-10(15)2-4-12(9)18/h2-6,18H,7,15H2,1H3,(H,16,17). The quantitative estimate of drug-likeness (QED) is 0.602. The van der Waals surface area contributed by atoms with Gasteiger partial charge in [0.25, 0.3) is 0 Å². The monoisotopic (exact) mass is 307 g/mol. The summed E-state index contributed by atoms with van der Waals surface area (Å²) in [4.78, 5) is 4.37. The Hall–Kier alpha value is -1.75. The molecule has 0 aliphatic rings. The van der Waals surface area contributed by atoms with Gasteiger partial charge >= 0.3 is 0 Å². The number of nitrogens with two attached hydrogens (primary N) is 1. The summed E-state index contributed by atoms with van der Waals surface area (Å²) in [6.45, 7) is 2.40. The van der Waals surface area contributed by atoms with Crippen molar-refractivity contribution in [3.63, 3.8) is 0 Å². The third kappa shape index (κ3) is 2.92. The Morgan fingerprint density at radius 1 is 1.33 bits per heavy atom. The number of hydrogen-bond acceptors (Lipinski definition) is 4. The Morgan fingerprint density at radius 2 is 2.11 bits per heavy atom. The second-order valence-electron chi connectivity index (χ2n) is 4.01. The molecule has 0 unspecified atom stereocenters. The third-order valence-electron chi connectivity index (χ3n) is 2.58. The second kappa shape index (κ2) is 5.27. The number of pyridine rings is 1. The van der Waals surface area contributed by atoms with Crippen molar-refractivity contribution in [2.24, 2.45) is 0 Å². The molecule has 94 valence electrons. The zero-order chi connectivity index (χ0) is 13.1. The molecule has 0 atom stereocenters. The molecule has 0 spiro atoms. The molecule has 0 aliphatic carbocycles. The van der Waals surface area contributed by atoms with Gasteiger partial charge in [0.15, 0.2) is 0 Å². The van der Waals surface area contributed by atoms with E-state index in [4.69, 9.17) is 5.73 Å². The number of halogens is 1. The molecule has 4 N–H and O–H groups in total. The molecule has 2 rings (SSSR count). The van der Waals surface area contributed by atoms with E-state index in [0.29, 0.717) is 12.2 Å². The first-order valence-electron chi connectivity index (χ1n) is 5.50. The normalized spacial score (nSPS) is 10.3. The Kier molecular flexibility index (Phi) is 3.72. The summed E-state index contributed by atoms with van der Waals surface area (Å²) >= 11 is 3.40. The smallest absolute Gasteiger partial charge is 0.126 e. The first-order chi connectivity index (χ1) is 8.56. The van der Waals surface area contributed by atoms with Crippen LogP contribution in [0, 0.1) is 6.92 Å². The fourth-order valence-electron chi connectivity index (χ4n) is 1.58. The van der Waals surface area contributed by atoms with E-state index in [9.17, 15) is 5.11 Å². The van der Waals surface area contributed by atoms with Gasteiger partial charge in [-0.05, 0) is 53.2 Å². The third-order valence-corrected chi connectivity index (χ3v) is 3.42. The van der Waals surface area contributed by atoms with Gasteiger partial charge in [-0.15, -0.1) is 0 Å². The maximum absolute atomic E-state index is 9.69. The number of aryl methyl sites for hydroxylation is 1. The van der Waals surface area contributed by atoms with Crippen LogP contribution in [0.5, 0.6) is 5.75 Å². The Balaban J connectivity index is 2.11. The number of phenolic OH excluding ortho intramolecular Hbond substituents is 1. The minimum atomic E-state index is 0.227. The molecule has 1 aromatic carbocycles. The van der Waals surface area contributed by atoms with Crippen LogP contribution in [0.2, 0.25) is 0 Å². The Morgan fingerprint density at radius 3 is 2.83 bits per heavy atom. The van der Waals surface area contributed by atoms with Gasteiger partial charge in [-0.2, -0.15) is 0 Å². The van der Waals surface area contributed by atoms with Crippen molar-refractivity contribution in [1.82, 2.24) is 4.98 Å². The van der Waals surface area contributed by atoms with Crippen molar-refractivity contribution in [2.75, 3.05) is 11.1 Å². The van der Waals surface area contributed by atoms with E-state index in [2.05, 4.69) is 26.2 Å². The van der Waals surface area contributed by atoms with E-state index in [-0.39, 0.29) is 5.75 Å². The van der Waals surface area contributed by atoms with Crippen LogP contribution >= 0.6 is 15.9 Å². The molecular weight excluding hydrogens is 294 g/mol. The fraction of sp³-hybridized carbons (Fsp3) is 0.154. The van der Waals surface area contributed by atoms with Gasteiger partial charge in [0.2, 0.25) is 0 Å². The number of aromatic nitrogens is 1. The number of aromatic hydroxyl groups is 1. The van der Waals surface area contributed by atoms with Crippen LogP contribution in [-0.2, 0) is 6.54 Å². The van der Waals surface area contributed by atoms with E-state index < -0.39 is 0 Å². The fourth-order valence-corrected chi connectivity index (χ4v) is 1.80. The first-order valence-corrected chi connectivity index (χ1v) is 6.30. The molecule has 0 bridgehead atoms. The van der Waals surface area contributed by atoms with Crippen LogP contribution in [0.4, 0.5) is 11.5 Å². The van der Waals surface area contributed by atoms with E-state index in [1.165, 1.54) is 0 Å². The summed E-state index contributed by atoms with van der Waals surface area (Å²) in [7, 11) is 0. The van der Waals surface area contributed by atoms with Crippen molar-refractivity contribution in [3.05, 3.63) is 46.1 Å². The number of rotatable bonds is 3. The van der Waals surface area contributed by atoms with Gasteiger partial charge in [-0.25, -0.2) is 4.98 Å². The SMILES string of the molecule is Cc1nc(NCc2cc(N)ccc2O)ccc1Br. The average molecular weight is 308 g/mol. The van der Waals surface area contributed by atoms with Crippen molar-refractivity contribution in [3.8, 4) is 5.75 Å². The van der Waals surface area contributed by atoms with Crippen molar-refractivity contribution >= 4 is 27.4 Å². The maximum atomic E-state index is 9.69. The predicted octanol–water partition coefficient (Wildman–Crippen LogP) is 3.05. The maximum Gasteiger partial charge on any atom is 0.126 e. The highest BCUT2D eigenvalue weighted by atomic mass is 79.9. The van der Waals surface area contributed by atoms with Crippen LogP contribution in [0.3, 0.4) is 0 Å². The lowest BCUT2D eigenvalue weighted by Gasteiger charge is -2.09. The summed E-state index contributed by atoms with van der Waals surface area (Å²) < 4.78 is 0.972. The number of nitrogens with one attached hydrogen (secondary N) is 1. The van der Waals surface area contributed by atoms with Crippen LogP contribution in [0.15, 0.2) is 34.8 Å². The number of nitrogens with zero attached hydrogens (tertiary/aromatic N) is 1. The Bertz CT molecular complexity index is 572. The van der Waals surface area contributed by atoms with Crippen molar-refractivity contribution in [2.45, 2.75) is 13.5 Å². The first kappa shape index (κ1) is 12.7. The summed E-state index contributed by atoms with van der Waals surface area (Å²) in [5, 5.41) is 12.8. The van der Waals surface area contributed by atoms with E-state index in [0.717, 1.165) is 21.5 Å². The van der Waals surface area contributed by atoms with E-state index >= 15 is 0 Å². The van der Waals surface area contributed by atoms with E-state index in [1.54, 1.807) is 18.2 Å². The molecule has 0 radical (unpaired) electrons. The zero-order valence-electron chi connectivity index (χ0n) is 9.94. The van der Waals surface area contributed by atoms with Gasteiger partial charge in [0, 0.05) is 22.3 Å². The molecule has 4 nitrogen and oxygen atoms in total. The van der Waals surface area contributed by atoms with Crippen LogP contribution in [-0.4, -0.2) is 10.1 Å². The summed E-state index contributed by atoms with van der Waals surface area (Å²) in [5.74, 6) is 0.989. The molecule has 0 amide bonds. The molecule has 0 aliphatic heterocycles. The summed E-state index contributed by atoms with van der Waals surface area (Å²) in [5.41, 5.74) is 7.97. The Labute approximate surface area is 114 Å². The topological polar surface area (TPSA) is 71.2 Å². The molecule has 1 aromatic heterocycles. The molecule has 5 heteroatoms. The summed E-state index contributed by atoms with van der Waals surface area (Å²) in [6.07, 6.45) is 0. The second-order valence-corrected chi connectivity index (χ2v) is 4.86. The lowest BCUT2D eigenvalue weighted by molar-refractivity contribution is 0.469. The van der Waals surface area contributed by atoms with Gasteiger partial charge in [0.05, 0.1) is 5.69 Å². The molecule has 0 saturated heterocycles. The minimum absolute atomic E-state index is 0.227. The summed E-state index contributed by atoms with van der Waals surface area (Å²) in [6, 6.07) is 8.81. The zero-order valence-corrected chi connectivity index (χ0v) is 11.5. The highest BCUT2D eigenvalue weighted by Gasteiger charge is 2.03. The van der Waals surface area contributed by atoms with Crippen LogP contribution in [0.25, 0.3) is 0 Å². The van der Waals surface area contributed by atoms with Gasteiger partial charge in [-0.3, -0.25) is 0 Å². The number of hydrogen-bond donors (Lipinski definition) is 3. The largest absolute Gasteiger partial charge is 0.508 e. The molecule has 2 aromatic rings. The van der Waals surface area contributed by atoms with Gasteiger partial charge < -0.3 is 16.2 Å². The number of nitrogen functional groups attached to an aromatic ring is 1. The van der Waals surface area contributed by atoms with Crippen molar-refractivity contribution < 1.29 is 5.11 Å². The highest BCUT2D eigenvalue weighted by Crippen LogP contribution is 2.21.